The minimum Gasteiger partial charge on any atom is -0.363 e. The second-order valence-corrected chi connectivity index (χ2v) is 7.02. The molecule has 1 aromatic carbocycles. The Labute approximate surface area is 150 Å². The molecule has 0 unspecified atom stereocenters. The molecule has 1 aromatic heterocycles. The molecule has 9 heteroatoms. The first-order valence-electron chi connectivity index (χ1n) is 7.65. The van der Waals surface area contributed by atoms with Gasteiger partial charge >= 0.3 is 12.2 Å². The summed E-state index contributed by atoms with van der Waals surface area (Å²) in [5.74, 6) is -2.89. The summed E-state index contributed by atoms with van der Waals surface area (Å²) in [5.41, 5.74) is -2.53. The highest BCUT2D eigenvalue weighted by atomic mass is 32.1. The molecule has 3 N–H and O–H groups in total. The first kappa shape index (κ1) is 18.4. The van der Waals surface area contributed by atoms with Gasteiger partial charge in [0.1, 0.15) is 5.92 Å². The van der Waals surface area contributed by atoms with Gasteiger partial charge in [0.05, 0.1) is 10.9 Å². The fraction of sp³-hybridized carbons (Fsp3) is 0.294. The molecular weight excluding hydrogens is 369 g/mol. The van der Waals surface area contributed by atoms with Crippen LogP contribution < -0.4 is 10.6 Å². The lowest BCUT2D eigenvalue weighted by Gasteiger charge is -2.44. The van der Waals surface area contributed by atoms with Crippen molar-refractivity contribution < 1.29 is 27.9 Å². The Morgan fingerprint density at radius 3 is 2.42 bits per heavy atom. The summed E-state index contributed by atoms with van der Waals surface area (Å²) in [5, 5.41) is 15.8. The average Bonchev–Trinajstić information content (AvgIpc) is 3.08. The molecule has 0 saturated carbocycles. The van der Waals surface area contributed by atoms with E-state index in [-0.39, 0.29) is 4.88 Å². The lowest BCUT2D eigenvalue weighted by Crippen LogP contribution is -2.72. The van der Waals surface area contributed by atoms with E-state index in [0.717, 1.165) is 16.9 Å². The summed E-state index contributed by atoms with van der Waals surface area (Å²) in [6.45, 7) is 1.80. The Morgan fingerprint density at radius 1 is 1.23 bits per heavy atom. The molecule has 1 fully saturated rings. The summed E-state index contributed by atoms with van der Waals surface area (Å²) >= 11 is 0.968. The Morgan fingerprint density at radius 2 is 1.88 bits per heavy atom. The van der Waals surface area contributed by atoms with Crippen LogP contribution in [0.1, 0.15) is 26.8 Å². The zero-order chi connectivity index (χ0) is 19.1. The lowest BCUT2D eigenvalue weighted by atomic mass is 9.78. The maximum Gasteiger partial charge on any atom is 0.437 e. The first-order chi connectivity index (χ1) is 12.1. The number of Topliss-reactive ketones (excluding diaryl/α,β-unsaturated/α-hetero) is 1. The van der Waals surface area contributed by atoms with Crippen LogP contribution >= 0.6 is 11.3 Å². The van der Waals surface area contributed by atoms with Crippen molar-refractivity contribution in [3.8, 4) is 0 Å². The maximum atomic E-state index is 13.7. The number of ketones is 1. The third kappa shape index (κ3) is 3.08. The Kier molecular flexibility index (Phi) is 4.53. The van der Waals surface area contributed by atoms with Crippen LogP contribution in [-0.4, -0.2) is 28.8 Å². The summed E-state index contributed by atoms with van der Waals surface area (Å²) in [6, 6.07) is 6.73. The molecule has 1 saturated heterocycles. The van der Waals surface area contributed by atoms with E-state index < -0.39 is 35.7 Å². The highest BCUT2D eigenvalue weighted by molar-refractivity contribution is 7.12. The number of halogens is 3. The SMILES string of the molecule is Cc1ccc([C@@H]2NC(=O)N[C@@](O)(C(F)(F)F)[C@@H]2C(=O)c2cccs2)cc1. The normalized spacial score (nSPS) is 26.1. The predicted octanol–water partition coefficient (Wildman–Crippen LogP) is 3.16. The predicted molar refractivity (Wildman–Crippen MR) is 88.7 cm³/mol. The van der Waals surface area contributed by atoms with Crippen molar-refractivity contribution in [1.82, 2.24) is 10.6 Å². The molecule has 0 radical (unpaired) electrons. The Hall–Kier alpha value is -2.39. The number of carbonyl (C=O) groups excluding carboxylic acids is 2. The minimum absolute atomic E-state index is 0.0627. The molecule has 3 atom stereocenters. The molecule has 138 valence electrons. The molecule has 2 aromatic rings. The van der Waals surface area contributed by atoms with Crippen molar-refractivity contribution in [2.45, 2.75) is 24.9 Å². The number of hydrogen-bond acceptors (Lipinski definition) is 4. The number of thiophene rings is 1. The van der Waals surface area contributed by atoms with E-state index in [2.05, 4.69) is 5.32 Å². The number of benzene rings is 1. The molecule has 3 rings (SSSR count). The van der Waals surface area contributed by atoms with Crippen LogP contribution in [0.25, 0.3) is 0 Å². The van der Waals surface area contributed by atoms with Crippen LogP contribution in [0.2, 0.25) is 0 Å². The van der Waals surface area contributed by atoms with Crippen LogP contribution in [0.4, 0.5) is 18.0 Å². The highest BCUT2D eigenvalue weighted by Gasteiger charge is 2.66. The molecule has 1 aliphatic heterocycles. The number of urea groups is 1. The van der Waals surface area contributed by atoms with Gasteiger partial charge in [0.15, 0.2) is 5.78 Å². The van der Waals surface area contributed by atoms with Gasteiger partial charge in [-0.3, -0.25) is 4.79 Å². The summed E-state index contributed by atoms with van der Waals surface area (Å²) in [4.78, 5) is 24.7. The van der Waals surface area contributed by atoms with Crippen molar-refractivity contribution in [3.05, 3.63) is 57.8 Å². The topological polar surface area (TPSA) is 78.4 Å². The number of hydrogen-bond donors (Lipinski definition) is 3. The van der Waals surface area contributed by atoms with Crippen LogP contribution in [0.15, 0.2) is 41.8 Å². The van der Waals surface area contributed by atoms with Crippen LogP contribution in [0.5, 0.6) is 0 Å². The molecule has 0 spiro atoms. The molecule has 1 aliphatic rings. The standard InChI is InChI=1S/C17H15F3N2O3S/c1-9-4-6-10(7-5-9)13-12(14(23)11-3-2-8-26-11)16(25,17(18,19)20)22-15(24)21-13/h2-8,12-13,25H,1H3,(H2,21,22,24)/t12-,13-,16-/m0/s1. The van der Waals surface area contributed by atoms with Gasteiger partial charge in [-0.15, -0.1) is 11.3 Å². The number of nitrogens with one attached hydrogen (secondary N) is 2. The summed E-state index contributed by atoms with van der Waals surface area (Å²) in [7, 11) is 0. The Bertz CT molecular complexity index is 821. The third-order valence-electron chi connectivity index (χ3n) is 4.29. The largest absolute Gasteiger partial charge is 0.437 e. The van der Waals surface area contributed by atoms with Gasteiger partial charge in [0.25, 0.3) is 0 Å². The quantitative estimate of drug-likeness (QED) is 0.712. The van der Waals surface area contributed by atoms with Crippen LogP contribution in [0, 0.1) is 12.8 Å². The van der Waals surface area contributed by atoms with Gasteiger partial charge in [-0.1, -0.05) is 35.9 Å². The van der Waals surface area contributed by atoms with E-state index in [1.54, 1.807) is 24.4 Å². The molecular formula is C17H15F3N2O3S. The summed E-state index contributed by atoms with van der Waals surface area (Å²) in [6.07, 6.45) is -5.24. The van der Waals surface area contributed by atoms with Gasteiger partial charge in [-0.25, -0.2) is 4.79 Å². The fourth-order valence-electron chi connectivity index (χ4n) is 2.96. The van der Waals surface area contributed by atoms with Crippen molar-refractivity contribution in [3.63, 3.8) is 0 Å². The number of aryl methyl sites for hydroxylation is 1. The number of alkyl halides is 3. The lowest BCUT2D eigenvalue weighted by molar-refractivity contribution is -0.287. The van der Waals surface area contributed by atoms with Crippen molar-refractivity contribution in [2.24, 2.45) is 5.92 Å². The van der Waals surface area contributed by atoms with Gasteiger partial charge in [-0.2, -0.15) is 13.2 Å². The van der Waals surface area contributed by atoms with Gasteiger partial charge in [-0.05, 0) is 23.9 Å². The smallest absolute Gasteiger partial charge is 0.363 e. The molecule has 26 heavy (non-hydrogen) atoms. The monoisotopic (exact) mass is 384 g/mol. The fourth-order valence-corrected chi connectivity index (χ4v) is 3.67. The van der Waals surface area contributed by atoms with Gasteiger partial charge in [0.2, 0.25) is 5.72 Å². The zero-order valence-electron chi connectivity index (χ0n) is 13.5. The van der Waals surface area contributed by atoms with Crippen molar-refractivity contribution in [1.29, 1.82) is 0 Å². The zero-order valence-corrected chi connectivity index (χ0v) is 14.3. The van der Waals surface area contributed by atoms with Gasteiger partial charge < -0.3 is 15.7 Å². The van der Waals surface area contributed by atoms with Gasteiger partial charge in [0, 0.05) is 0 Å². The molecule has 0 bridgehead atoms. The van der Waals surface area contributed by atoms with E-state index in [9.17, 15) is 27.9 Å². The van der Waals surface area contributed by atoms with Crippen molar-refractivity contribution in [2.75, 3.05) is 0 Å². The van der Waals surface area contributed by atoms with Crippen molar-refractivity contribution >= 4 is 23.2 Å². The average molecular weight is 384 g/mol. The molecule has 2 amide bonds. The molecule has 0 aliphatic carbocycles. The molecule has 5 nitrogen and oxygen atoms in total. The second kappa shape index (κ2) is 6.40. The number of aliphatic hydroxyl groups is 1. The number of amides is 2. The van der Waals surface area contributed by atoms with E-state index >= 15 is 0 Å². The third-order valence-corrected chi connectivity index (χ3v) is 5.17. The minimum atomic E-state index is -5.24. The second-order valence-electron chi connectivity index (χ2n) is 6.07. The summed E-state index contributed by atoms with van der Waals surface area (Å²) < 4.78 is 41.0. The van der Waals surface area contributed by atoms with E-state index in [1.165, 1.54) is 29.6 Å². The van der Waals surface area contributed by atoms with E-state index in [4.69, 9.17) is 0 Å². The maximum absolute atomic E-state index is 13.7. The van der Waals surface area contributed by atoms with E-state index in [1.807, 2.05) is 0 Å². The molecule has 2 heterocycles. The van der Waals surface area contributed by atoms with Crippen LogP contribution in [0.3, 0.4) is 0 Å². The first-order valence-corrected chi connectivity index (χ1v) is 8.53. The van der Waals surface area contributed by atoms with E-state index in [0.29, 0.717) is 5.56 Å². The van der Waals surface area contributed by atoms with Crippen LogP contribution in [-0.2, 0) is 0 Å². The number of rotatable bonds is 3. The Balaban J connectivity index is 2.14. The number of carbonyl (C=O) groups is 2. The highest BCUT2D eigenvalue weighted by Crippen LogP contribution is 2.44.